The van der Waals surface area contributed by atoms with Crippen LogP contribution in [0.3, 0.4) is 0 Å². The van der Waals surface area contributed by atoms with E-state index in [1.54, 1.807) is 11.8 Å². The summed E-state index contributed by atoms with van der Waals surface area (Å²) in [6, 6.07) is 7.85. The molecule has 1 unspecified atom stereocenters. The molecule has 4 heteroatoms. The standard InChI is InChI=1S/C16H23NO2S/c1-20-12-13-6-8-14(9-7-13)16(19)17-10-4-2-3-5-15(17)11-18/h6-9,15,18H,2-5,10-12H2,1H3. The molecule has 0 bridgehead atoms. The average molecular weight is 293 g/mol. The molecule has 1 N–H and O–H groups in total. The molecular weight excluding hydrogens is 270 g/mol. The molecule has 1 aliphatic rings. The van der Waals surface area contributed by atoms with Crippen molar-refractivity contribution in [2.75, 3.05) is 19.4 Å². The summed E-state index contributed by atoms with van der Waals surface area (Å²) >= 11 is 1.78. The zero-order valence-corrected chi connectivity index (χ0v) is 12.9. The predicted molar refractivity (Wildman–Crippen MR) is 84.0 cm³/mol. The smallest absolute Gasteiger partial charge is 0.254 e. The fourth-order valence-electron chi connectivity index (χ4n) is 2.71. The zero-order chi connectivity index (χ0) is 14.4. The van der Waals surface area contributed by atoms with Gasteiger partial charge < -0.3 is 10.0 Å². The van der Waals surface area contributed by atoms with E-state index in [9.17, 15) is 9.90 Å². The molecule has 1 aromatic rings. The number of carbonyl (C=O) groups excluding carboxylic acids is 1. The Hall–Kier alpha value is -1.00. The molecular formula is C16H23NO2S. The second kappa shape index (κ2) is 7.70. The van der Waals surface area contributed by atoms with E-state index in [2.05, 4.69) is 6.26 Å². The number of hydrogen-bond donors (Lipinski definition) is 1. The summed E-state index contributed by atoms with van der Waals surface area (Å²) in [6.45, 7) is 0.826. The van der Waals surface area contributed by atoms with E-state index in [1.807, 2.05) is 29.2 Å². The molecule has 1 aliphatic heterocycles. The molecule has 110 valence electrons. The third kappa shape index (κ3) is 3.76. The number of benzene rings is 1. The SMILES string of the molecule is CSCc1ccc(C(=O)N2CCCCCC2CO)cc1. The van der Waals surface area contributed by atoms with E-state index < -0.39 is 0 Å². The molecule has 0 saturated carbocycles. The number of aliphatic hydroxyl groups is 1. The van der Waals surface area contributed by atoms with E-state index in [1.165, 1.54) is 5.56 Å². The normalized spacial score (nSPS) is 19.7. The topological polar surface area (TPSA) is 40.5 Å². The molecule has 0 radical (unpaired) electrons. The van der Waals surface area contributed by atoms with Crippen LogP contribution in [-0.2, 0) is 5.75 Å². The molecule has 3 nitrogen and oxygen atoms in total. The fraction of sp³-hybridized carbons (Fsp3) is 0.562. The summed E-state index contributed by atoms with van der Waals surface area (Å²) in [5.41, 5.74) is 1.97. The summed E-state index contributed by atoms with van der Waals surface area (Å²) in [6.07, 6.45) is 6.26. The predicted octanol–water partition coefficient (Wildman–Crippen LogP) is 2.93. The first-order chi connectivity index (χ1) is 9.76. The zero-order valence-electron chi connectivity index (χ0n) is 12.0. The highest BCUT2D eigenvalue weighted by molar-refractivity contribution is 7.97. The first-order valence-electron chi connectivity index (χ1n) is 7.26. The molecule has 2 rings (SSSR count). The van der Waals surface area contributed by atoms with Gasteiger partial charge in [-0.1, -0.05) is 25.0 Å². The van der Waals surface area contributed by atoms with Gasteiger partial charge in [0.25, 0.3) is 5.91 Å². The largest absolute Gasteiger partial charge is 0.394 e. The van der Waals surface area contributed by atoms with Gasteiger partial charge in [-0.15, -0.1) is 0 Å². The van der Waals surface area contributed by atoms with Gasteiger partial charge in [0.05, 0.1) is 12.6 Å². The second-order valence-corrected chi connectivity index (χ2v) is 6.18. The lowest BCUT2D eigenvalue weighted by atomic mass is 10.1. The molecule has 0 aromatic heterocycles. The molecule has 1 fully saturated rings. The highest BCUT2D eigenvalue weighted by atomic mass is 32.2. The first-order valence-corrected chi connectivity index (χ1v) is 8.65. The molecule has 1 atom stereocenters. The summed E-state index contributed by atoms with van der Waals surface area (Å²) in [4.78, 5) is 14.5. The van der Waals surface area contributed by atoms with Gasteiger partial charge in [-0.25, -0.2) is 0 Å². The third-order valence-corrected chi connectivity index (χ3v) is 4.48. The number of thioether (sulfide) groups is 1. The maximum absolute atomic E-state index is 12.6. The molecule has 20 heavy (non-hydrogen) atoms. The number of aliphatic hydroxyl groups excluding tert-OH is 1. The van der Waals surface area contributed by atoms with Crippen molar-refractivity contribution in [3.8, 4) is 0 Å². The highest BCUT2D eigenvalue weighted by Gasteiger charge is 2.25. The monoisotopic (exact) mass is 293 g/mol. The summed E-state index contributed by atoms with van der Waals surface area (Å²) < 4.78 is 0. The minimum atomic E-state index is -0.0177. The van der Waals surface area contributed by atoms with Crippen LogP contribution in [0.2, 0.25) is 0 Å². The minimum Gasteiger partial charge on any atom is -0.394 e. The highest BCUT2D eigenvalue weighted by Crippen LogP contribution is 2.20. The summed E-state index contributed by atoms with van der Waals surface area (Å²) in [5.74, 6) is 1.03. The Morgan fingerprint density at radius 1 is 1.30 bits per heavy atom. The maximum Gasteiger partial charge on any atom is 0.254 e. The van der Waals surface area contributed by atoms with Crippen molar-refractivity contribution in [2.45, 2.75) is 37.5 Å². The van der Waals surface area contributed by atoms with Crippen LogP contribution in [0, 0.1) is 0 Å². The van der Waals surface area contributed by atoms with Gasteiger partial charge in [-0.05, 0) is 36.8 Å². The summed E-state index contributed by atoms with van der Waals surface area (Å²) in [7, 11) is 0. The number of likely N-dealkylation sites (tertiary alicyclic amines) is 1. The average Bonchev–Trinajstić information content (AvgIpc) is 2.72. The molecule has 1 amide bonds. The number of rotatable bonds is 4. The van der Waals surface area contributed by atoms with Crippen molar-refractivity contribution in [3.63, 3.8) is 0 Å². The number of carbonyl (C=O) groups is 1. The van der Waals surface area contributed by atoms with Crippen LogP contribution < -0.4 is 0 Å². The van der Waals surface area contributed by atoms with Gasteiger partial charge in [0, 0.05) is 17.9 Å². The lowest BCUT2D eigenvalue weighted by Crippen LogP contribution is -2.42. The Labute approximate surface area is 125 Å². The second-order valence-electron chi connectivity index (χ2n) is 5.31. The van der Waals surface area contributed by atoms with E-state index in [0.717, 1.165) is 43.5 Å². The van der Waals surface area contributed by atoms with E-state index >= 15 is 0 Å². The first kappa shape index (κ1) is 15.4. The van der Waals surface area contributed by atoms with Gasteiger partial charge >= 0.3 is 0 Å². The van der Waals surface area contributed by atoms with Gasteiger partial charge in [-0.2, -0.15) is 11.8 Å². The fourth-order valence-corrected chi connectivity index (χ4v) is 3.24. The maximum atomic E-state index is 12.6. The van der Waals surface area contributed by atoms with Crippen LogP contribution in [0.4, 0.5) is 0 Å². The summed E-state index contributed by atoms with van der Waals surface area (Å²) in [5, 5.41) is 9.50. The Morgan fingerprint density at radius 3 is 2.70 bits per heavy atom. The van der Waals surface area contributed by atoms with Crippen LogP contribution in [-0.4, -0.2) is 41.4 Å². The lowest BCUT2D eigenvalue weighted by molar-refractivity contribution is 0.0600. The van der Waals surface area contributed by atoms with E-state index in [0.29, 0.717) is 0 Å². The van der Waals surface area contributed by atoms with Crippen LogP contribution in [0.25, 0.3) is 0 Å². The minimum absolute atomic E-state index is 0.0177. The van der Waals surface area contributed by atoms with Crippen molar-refractivity contribution in [1.29, 1.82) is 0 Å². The van der Waals surface area contributed by atoms with Crippen molar-refractivity contribution in [2.24, 2.45) is 0 Å². The number of amides is 1. The molecule has 1 heterocycles. The quantitative estimate of drug-likeness (QED) is 0.928. The lowest BCUT2D eigenvalue weighted by Gasteiger charge is -2.28. The van der Waals surface area contributed by atoms with Crippen LogP contribution in [0.5, 0.6) is 0 Å². The van der Waals surface area contributed by atoms with Crippen molar-refractivity contribution in [3.05, 3.63) is 35.4 Å². The molecule has 1 aromatic carbocycles. The van der Waals surface area contributed by atoms with Gasteiger partial charge in [0.2, 0.25) is 0 Å². The van der Waals surface area contributed by atoms with Crippen LogP contribution >= 0.6 is 11.8 Å². The van der Waals surface area contributed by atoms with E-state index in [4.69, 9.17) is 0 Å². The van der Waals surface area contributed by atoms with E-state index in [-0.39, 0.29) is 18.6 Å². The van der Waals surface area contributed by atoms with Gasteiger partial charge in [-0.3, -0.25) is 4.79 Å². The Morgan fingerprint density at radius 2 is 2.05 bits per heavy atom. The van der Waals surface area contributed by atoms with Gasteiger partial charge in [0.15, 0.2) is 0 Å². The van der Waals surface area contributed by atoms with Gasteiger partial charge in [0.1, 0.15) is 0 Å². The Bertz CT molecular complexity index is 433. The Kier molecular flexibility index (Phi) is 5.92. The Balaban J connectivity index is 2.11. The number of nitrogens with zero attached hydrogens (tertiary/aromatic N) is 1. The number of hydrogen-bond acceptors (Lipinski definition) is 3. The van der Waals surface area contributed by atoms with Crippen molar-refractivity contribution < 1.29 is 9.90 Å². The molecule has 1 saturated heterocycles. The molecule has 0 aliphatic carbocycles. The van der Waals surface area contributed by atoms with Crippen molar-refractivity contribution in [1.82, 2.24) is 4.90 Å². The van der Waals surface area contributed by atoms with Crippen molar-refractivity contribution >= 4 is 17.7 Å². The molecule has 0 spiro atoms. The van der Waals surface area contributed by atoms with Crippen LogP contribution in [0.15, 0.2) is 24.3 Å². The third-order valence-electron chi connectivity index (χ3n) is 3.86. The van der Waals surface area contributed by atoms with Crippen LogP contribution in [0.1, 0.15) is 41.6 Å².